The number of hydrogen-bond donors (Lipinski definition) is 0. The van der Waals surface area contributed by atoms with Crippen molar-refractivity contribution in [3.63, 3.8) is 0 Å². The first-order chi connectivity index (χ1) is 9.82. The summed E-state index contributed by atoms with van der Waals surface area (Å²) in [5.74, 6) is -0.217. The van der Waals surface area contributed by atoms with Gasteiger partial charge in [0.25, 0.3) is 0 Å². The third kappa shape index (κ3) is 6.22. The van der Waals surface area contributed by atoms with Crippen LogP contribution in [0.25, 0.3) is 0 Å². The maximum atomic E-state index is 11.5. The van der Waals surface area contributed by atoms with Crippen molar-refractivity contribution in [1.82, 2.24) is 0 Å². The highest BCUT2D eigenvalue weighted by Crippen LogP contribution is 2.57. The molecule has 0 spiro atoms. The van der Waals surface area contributed by atoms with Gasteiger partial charge in [-0.25, -0.2) is 4.79 Å². The van der Waals surface area contributed by atoms with Gasteiger partial charge in [0, 0.05) is 15.8 Å². The summed E-state index contributed by atoms with van der Waals surface area (Å²) in [7, 11) is -0.449. The van der Waals surface area contributed by atoms with Crippen LogP contribution in [-0.2, 0) is 13.6 Å². The molecule has 0 atom stereocenters. The Kier molecular flexibility index (Phi) is 7.59. The molecule has 1 aliphatic rings. The number of carbonyl (C=O) groups is 1. The highest BCUT2D eigenvalue weighted by Gasteiger charge is 2.52. The number of unbranched alkanes of at least 4 members (excludes halogenated alkanes) is 1. The Bertz CT molecular complexity index is 365. The van der Waals surface area contributed by atoms with Gasteiger partial charge in [0.1, 0.15) is 9.76 Å². The molecule has 0 bridgehead atoms. The van der Waals surface area contributed by atoms with Crippen LogP contribution in [0.15, 0.2) is 12.2 Å². The van der Waals surface area contributed by atoms with Crippen LogP contribution in [0.4, 0.5) is 0 Å². The molecule has 0 aromatic carbocycles. The lowest BCUT2D eigenvalue weighted by Crippen LogP contribution is -2.39. The lowest BCUT2D eigenvalue weighted by atomic mass is 10.2. The molecule has 0 unspecified atom stereocenters. The molecular weight excluding hydrogens is 312 g/mol. The largest absolute Gasteiger partial charge is 0.462 e. The molecule has 21 heavy (non-hydrogen) atoms. The van der Waals surface area contributed by atoms with Crippen LogP contribution in [0.5, 0.6) is 0 Å². The minimum Gasteiger partial charge on any atom is -0.462 e. The van der Waals surface area contributed by atoms with Crippen LogP contribution in [0.2, 0.25) is 23.8 Å². The summed E-state index contributed by atoms with van der Waals surface area (Å²) in [4.78, 5) is 11.5. The predicted octanol–water partition coefficient (Wildman–Crippen LogP) is 2.25. The maximum absolute atomic E-state index is 11.5. The Morgan fingerprint density at radius 2 is 2.05 bits per heavy atom. The van der Waals surface area contributed by atoms with Crippen LogP contribution >= 0.6 is 0 Å². The molecule has 0 aromatic rings. The van der Waals surface area contributed by atoms with Crippen molar-refractivity contribution >= 4 is 34.3 Å². The average molecular weight is 345 g/mol. The van der Waals surface area contributed by atoms with E-state index in [4.69, 9.17) is 8.85 Å². The van der Waals surface area contributed by atoms with E-state index < -0.39 is 8.32 Å². The Morgan fingerprint density at radius 3 is 2.62 bits per heavy atom. The standard InChI is InChI=1S/C15H32O3Si3/c1-5-8-13(2)14(16)17-11-6-7-12-20-18-21(3,4)15(19)9-10-15/h2,5-12,20H2,1,3-4,19H3. The number of ether oxygens (including phenoxy) is 1. The molecule has 1 fully saturated rings. The SMILES string of the molecule is C=C(CCC)C(=O)OCCCC[SiH2]O[Si](C)(C)C1([SiH3])CC1. The van der Waals surface area contributed by atoms with E-state index in [9.17, 15) is 4.79 Å². The first kappa shape index (κ1) is 18.9. The zero-order valence-electron chi connectivity index (χ0n) is 14.3. The smallest absolute Gasteiger partial charge is 0.333 e. The summed E-state index contributed by atoms with van der Waals surface area (Å²) >= 11 is 0. The molecule has 1 aliphatic carbocycles. The summed E-state index contributed by atoms with van der Waals surface area (Å²) in [6, 6.07) is 1.21. The van der Waals surface area contributed by atoms with Crippen LogP contribution in [0.1, 0.15) is 45.4 Å². The minimum atomic E-state index is -1.38. The second-order valence-electron chi connectivity index (χ2n) is 6.97. The third-order valence-corrected chi connectivity index (χ3v) is 17.3. The average Bonchev–Trinajstić information content (AvgIpc) is 3.17. The van der Waals surface area contributed by atoms with Gasteiger partial charge in [-0.1, -0.05) is 39.2 Å². The quantitative estimate of drug-likeness (QED) is 0.250. The molecule has 122 valence electrons. The van der Waals surface area contributed by atoms with Gasteiger partial charge in [-0.15, -0.1) is 0 Å². The normalized spacial score (nSPS) is 17.3. The van der Waals surface area contributed by atoms with E-state index >= 15 is 0 Å². The summed E-state index contributed by atoms with van der Waals surface area (Å²) in [5.41, 5.74) is 0.602. The molecule has 1 saturated carbocycles. The fraction of sp³-hybridized carbons (Fsp3) is 0.800. The van der Waals surface area contributed by atoms with E-state index in [2.05, 4.69) is 19.7 Å². The third-order valence-electron chi connectivity index (χ3n) is 4.78. The van der Waals surface area contributed by atoms with E-state index in [1.54, 1.807) is 0 Å². The monoisotopic (exact) mass is 344 g/mol. The number of esters is 1. The Morgan fingerprint density at radius 1 is 1.38 bits per heavy atom. The van der Waals surface area contributed by atoms with Gasteiger partial charge < -0.3 is 8.85 Å². The van der Waals surface area contributed by atoms with E-state index in [0.717, 1.165) is 25.7 Å². The number of rotatable bonds is 11. The van der Waals surface area contributed by atoms with Gasteiger partial charge in [0.05, 0.1) is 6.61 Å². The van der Waals surface area contributed by atoms with Crippen molar-refractivity contribution in [2.24, 2.45) is 0 Å². The fourth-order valence-electron chi connectivity index (χ4n) is 2.34. The van der Waals surface area contributed by atoms with Crippen LogP contribution < -0.4 is 0 Å². The molecule has 0 N–H and O–H groups in total. The Balaban J connectivity index is 2.00. The fourth-order valence-corrected chi connectivity index (χ4v) is 9.79. The van der Waals surface area contributed by atoms with E-state index in [-0.39, 0.29) is 15.7 Å². The molecule has 0 saturated heterocycles. The molecule has 0 amide bonds. The second kappa shape index (κ2) is 8.45. The van der Waals surface area contributed by atoms with Crippen molar-refractivity contribution in [3.8, 4) is 0 Å². The van der Waals surface area contributed by atoms with Crippen LogP contribution in [0, 0.1) is 0 Å². The lowest BCUT2D eigenvalue weighted by molar-refractivity contribution is -0.139. The van der Waals surface area contributed by atoms with Gasteiger partial charge in [0.2, 0.25) is 0 Å². The van der Waals surface area contributed by atoms with E-state index in [0.29, 0.717) is 16.8 Å². The zero-order chi connectivity index (χ0) is 15.9. The molecule has 0 aliphatic heterocycles. The molecular formula is C15H32O3Si3. The van der Waals surface area contributed by atoms with E-state index in [1.807, 2.05) is 6.92 Å². The second-order valence-corrected chi connectivity index (χ2v) is 16.4. The summed E-state index contributed by atoms with van der Waals surface area (Å²) in [5, 5.41) is 0. The maximum Gasteiger partial charge on any atom is 0.333 e. The van der Waals surface area contributed by atoms with Gasteiger partial charge in [-0.2, -0.15) is 0 Å². The minimum absolute atomic E-state index is 0.217. The molecule has 3 nitrogen and oxygen atoms in total. The first-order valence-electron chi connectivity index (χ1n) is 8.31. The van der Waals surface area contributed by atoms with Gasteiger partial charge in [-0.3, -0.25) is 0 Å². The topological polar surface area (TPSA) is 35.5 Å². The van der Waals surface area contributed by atoms with Crippen molar-refractivity contribution in [2.45, 2.75) is 69.2 Å². The molecule has 0 heterocycles. The van der Waals surface area contributed by atoms with Crippen LogP contribution in [-0.4, -0.2) is 40.9 Å². The molecule has 0 aromatic heterocycles. The van der Waals surface area contributed by atoms with Crippen molar-refractivity contribution < 1.29 is 13.6 Å². The predicted molar refractivity (Wildman–Crippen MR) is 98.0 cm³/mol. The summed E-state index contributed by atoms with van der Waals surface area (Å²) in [6.45, 7) is 11.1. The number of carbonyl (C=O) groups excluding carboxylic acids is 1. The summed E-state index contributed by atoms with van der Waals surface area (Å²) < 4.78 is 12.3. The van der Waals surface area contributed by atoms with Crippen molar-refractivity contribution in [3.05, 3.63) is 12.2 Å². The van der Waals surface area contributed by atoms with Crippen molar-refractivity contribution in [1.29, 1.82) is 0 Å². The number of hydrogen-bond acceptors (Lipinski definition) is 3. The Hall–Kier alpha value is -0.179. The first-order valence-corrected chi connectivity index (χ1v) is 13.8. The zero-order valence-corrected chi connectivity index (χ0v) is 18.7. The van der Waals surface area contributed by atoms with Gasteiger partial charge >= 0.3 is 5.97 Å². The molecule has 1 rings (SSSR count). The molecule has 6 heteroatoms. The lowest BCUT2D eigenvalue weighted by Gasteiger charge is -2.30. The van der Waals surface area contributed by atoms with E-state index in [1.165, 1.54) is 29.1 Å². The van der Waals surface area contributed by atoms with Crippen molar-refractivity contribution in [2.75, 3.05) is 6.61 Å². The van der Waals surface area contributed by atoms with Gasteiger partial charge in [-0.05, 0) is 36.6 Å². The highest BCUT2D eigenvalue weighted by molar-refractivity contribution is 6.84. The van der Waals surface area contributed by atoms with Crippen LogP contribution in [0.3, 0.4) is 0 Å². The molecule has 0 radical (unpaired) electrons. The van der Waals surface area contributed by atoms with Gasteiger partial charge in [0.15, 0.2) is 8.32 Å². The summed E-state index contributed by atoms with van der Waals surface area (Å²) in [6.07, 6.45) is 6.60. The Labute approximate surface area is 136 Å². The highest BCUT2D eigenvalue weighted by atomic mass is 28.4.